The number of amides is 1. The number of nitro benzene ring substituents is 1. The second kappa shape index (κ2) is 7.98. The second-order valence-electron chi connectivity index (χ2n) is 6.11. The zero-order chi connectivity index (χ0) is 21.4. The lowest BCUT2D eigenvalue weighted by atomic mass is 10.2. The summed E-state index contributed by atoms with van der Waals surface area (Å²) in [5, 5.41) is 12.2. The van der Waals surface area contributed by atoms with Gasteiger partial charge in [0.1, 0.15) is 11.4 Å². The third-order valence-corrected chi connectivity index (χ3v) is 7.02. The summed E-state index contributed by atoms with van der Waals surface area (Å²) in [5.41, 5.74) is 0.435. The smallest absolute Gasteiger partial charge is 0.325 e. The molecule has 0 saturated heterocycles. The molecule has 0 radical (unpaired) electrons. The molecule has 0 atom stereocenters. The molecule has 152 valence electrons. The van der Waals surface area contributed by atoms with E-state index in [2.05, 4.69) is 4.99 Å². The number of hydrogen-bond acceptors (Lipinski definition) is 7. The number of nitrogens with zero attached hydrogens (tertiary/aromatic N) is 3. The molecule has 2 heterocycles. The van der Waals surface area contributed by atoms with Crippen molar-refractivity contribution in [1.29, 1.82) is 0 Å². The van der Waals surface area contributed by atoms with E-state index in [1.54, 1.807) is 0 Å². The zero-order valence-corrected chi connectivity index (χ0v) is 17.7. The fourth-order valence-corrected chi connectivity index (χ4v) is 5.35. The minimum Gasteiger partial charge on any atom is -0.468 e. The van der Waals surface area contributed by atoms with Crippen LogP contribution in [0.1, 0.15) is 9.67 Å². The second-order valence-corrected chi connectivity index (χ2v) is 8.55. The van der Waals surface area contributed by atoms with Crippen LogP contribution in [0.25, 0.3) is 20.3 Å². The van der Waals surface area contributed by atoms with Crippen molar-refractivity contribution < 1.29 is 19.2 Å². The molecule has 30 heavy (non-hydrogen) atoms. The zero-order valence-electron chi connectivity index (χ0n) is 15.3. The number of methoxy groups -OCH3 is 1. The molecule has 0 bridgehead atoms. The lowest BCUT2D eigenvalue weighted by molar-refractivity contribution is -0.384. The molecule has 0 unspecified atom stereocenters. The van der Waals surface area contributed by atoms with Crippen molar-refractivity contribution in [2.45, 2.75) is 6.54 Å². The van der Waals surface area contributed by atoms with Gasteiger partial charge in [-0.1, -0.05) is 41.1 Å². The first-order chi connectivity index (χ1) is 14.4. The van der Waals surface area contributed by atoms with Crippen LogP contribution in [0.4, 0.5) is 5.69 Å². The number of carbonyl (C=O) groups is 2. The van der Waals surface area contributed by atoms with Crippen molar-refractivity contribution >= 4 is 72.1 Å². The van der Waals surface area contributed by atoms with Gasteiger partial charge in [-0.25, -0.2) is 0 Å². The van der Waals surface area contributed by atoms with E-state index in [-0.39, 0.29) is 21.9 Å². The number of carbonyl (C=O) groups excluding carboxylic acids is 2. The highest BCUT2D eigenvalue weighted by Crippen LogP contribution is 2.35. The van der Waals surface area contributed by atoms with Gasteiger partial charge in [0.2, 0.25) is 0 Å². The molecular weight excluding hydrogens is 450 g/mol. The molecule has 0 saturated carbocycles. The van der Waals surface area contributed by atoms with Crippen LogP contribution in [0.3, 0.4) is 0 Å². The van der Waals surface area contributed by atoms with Crippen LogP contribution in [0, 0.1) is 10.1 Å². The van der Waals surface area contributed by atoms with Crippen molar-refractivity contribution in [3.05, 3.63) is 67.3 Å². The van der Waals surface area contributed by atoms with Crippen LogP contribution in [-0.4, -0.2) is 28.5 Å². The Morgan fingerprint density at radius 2 is 1.97 bits per heavy atom. The van der Waals surface area contributed by atoms with Crippen molar-refractivity contribution in [2.75, 3.05) is 7.11 Å². The fraction of sp³-hybridized carbons (Fsp3) is 0.105. The SMILES string of the molecule is COC(=O)Cn1c(=NC(=O)c2sc3ccccc3c2Cl)sc2cc([N+](=O)[O-])ccc21. The van der Waals surface area contributed by atoms with E-state index in [4.69, 9.17) is 16.3 Å². The Labute approximate surface area is 181 Å². The van der Waals surface area contributed by atoms with E-state index in [9.17, 15) is 19.7 Å². The Hall–Kier alpha value is -3.08. The third kappa shape index (κ3) is 3.60. The standard InChI is InChI=1S/C19H12ClN3O5S2/c1-28-15(24)9-22-12-7-6-10(23(26)27)8-14(12)30-19(22)21-18(25)17-16(20)11-4-2-3-5-13(11)29-17/h2-8H,9H2,1H3. The van der Waals surface area contributed by atoms with Gasteiger partial charge < -0.3 is 9.30 Å². The Morgan fingerprint density at radius 1 is 1.20 bits per heavy atom. The van der Waals surface area contributed by atoms with E-state index in [0.29, 0.717) is 15.2 Å². The molecule has 0 aliphatic heterocycles. The summed E-state index contributed by atoms with van der Waals surface area (Å²) in [7, 11) is 1.25. The van der Waals surface area contributed by atoms with Crippen molar-refractivity contribution in [2.24, 2.45) is 4.99 Å². The fourth-order valence-electron chi connectivity index (χ4n) is 2.90. The number of hydrogen-bond donors (Lipinski definition) is 0. The van der Waals surface area contributed by atoms with Gasteiger partial charge in [0.05, 0.1) is 27.3 Å². The minimum absolute atomic E-state index is 0.0978. The van der Waals surface area contributed by atoms with Gasteiger partial charge >= 0.3 is 5.97 Å². The Morgan fingerprint density at radius 3 is 2.67 bits per heavy atom. The van der Waals surface area contributed by atoms with E-state index in [1.165, 1.54) is 41.2 Å². The predicted octanol–water partition coefficient (Wildman–Crippen LogP) is 4.39. The average molecular weight is 462 g/mol. The normalized spacial score (nSPS) is 11.9. The van der Waals surface area contributed by atoms with Crippen LogP contribution >= 0.6 is 34.3 Å². The van der Waals surface area contributed by atoms with Gasteiger partial charge in [-0.2, -0.15) is 4.99 Å². The molecule has 2 aromatic heterocycles. The average Bonchev–Trinajstić information content (AvgIpc) is 3.25. The quantitative estimate of drug-likeness (QED) is 0.254. The van der Waals surface area contributed by atoms with Crippen molar-refractivity contribution in [3.8, 4) is 0 Å². The molecule has 0 aliphatic carbocycles. The highest BCUT2D eigenvalue weighted by molar-refractivity contribution is 7.21. The molecule has 0 fully saturated rings. The lowest BCUT2D eigenvalue weighted by Crippen LogP contribution is -2.22. The summed E-state index contributed by atoms with van der Waals surface area (Å²) < 4.78 is 7.60. The van der Waals surface area contributed by atoms with Crippen LogP contribution in [0.15, 0.2) is 47.5 Å². The Balaban J connectivity index is 1.88. The summed E-state index contributed by atoms with van der Waals surface area (Å²) in [4.78, 5) is 40.0. The number of aromatic nitrogens is 1. The summed E-state index contributed by atoms with van der Waals surface area (Å²) in [6.45, 7) is -0.194. The number of non-ortho nitro benzene ring substituents is 1. The highest BCUT2D eigenvalue weighted by Gasteiger charge is 2.19. The van der Waals surface area contributed by atoms with Crippen LogP contribution in [0.5, 0.6) is 0 Å². The molecule has 1 amide bonds. The first kappa shape index (κ1) is 20.2. The molecule has 0 spiro atoms. The molecule has 8 nitrogen and oxygen atoms in total. The molecule has 0 aliphatic rings. The van der Waals surface area contributed by atoms with Gasteiger partial charge in [-0.05, 0) is 12.1 Å². The number of esters is 1. The van der Waals surface area contributed by atoms with E-state index in [0.717, 1.165) is 21.4 Å². The minimum atomic E-state index is -0.555. The first-order valence-corrected chi connectivity index (χ1v) is 10.5. The number of thiophene rings is 1. The summed E-state index contributed by atoms with van der Waals surface area (Å²) in [6.07, 6.45) is 0. The molecule has 0 N–H and O–H groups in total. The third-order valence-electron chi connectivity index (χ3n) is 4.32. The maximum absolute atomic E-state index is 12.9. The topological polar surface area (TPSA) is 104 Å². The molecule has 4 rings (SSSR count). The lowest BCUT2D eigenvalue weighted by Gasteiger charge is -2.03. The van der Waals surface area contributed by atoms with Gasteiger partial charge in [0.25, 0.3) is 11.6 Å². The van der Waals surface area contributed by atoms with E-state index >= 15 is 0 Å². The van der Waals surface area contributed by atoms with Gasteiger partial charge in [-0.15, -0.1) is 11.3 Å². The highest BCUT2D eigenvalue weighted by atomic mass is 35.5. The summed E-state index contributed by atoms with van der Waals surface area (Å²) >= 11 is 8.67. The molecule has 4 aromatic rings. The number of halogens is 1. The largest absolute Gasteiger partial charge is 0.468 e. The first-order valence-electron chi connectivity index (χ1n) is 8.49. The molecule has 2 aromatic carbocycles. The molecular formula is C19H12ClN3O5S2. The van der Waals surface area contributed by atoms with E-state index in [1.807, 2.05) is 24.3 Å². The summed E-state index contributed by atoms with van der Waals surface area (Å²) in [6, 6.07) is 11.6. The molecule has 11 heteroatoms. The monoisotopic (exact) mass is 461 g/mol. The predicted molar refractivity (Wildman–Crippen MR) is 115 cm³/mol. The van der Waals surface area contributed by atoms with Crippen LogP contribution < -0.4 is 4.80 Å². The van der Waals surface area contributed by atoms with Gasteiger partial charge in [0, 0.05) is 22.2 Å². The van der Waals surface area contributed by atoms with Crippen molar-refractivity contribution in [3.63, 3.8) is 0 Å². The maximum atomic E-state index is 12.9. The maximum Gasteiger partial charge on any atom is 0.325 e. The number of thiazole rings is 1. The van der Waals surface area contributed by atoms with Crippen LogP contribution in [0.2, 0.25) is 5.02 Å². The number of benzene rings is 2. The van der Waals surface area contributed by atoms with Crippen molar-refractivity contribution in [1.82, 2.24) is 4.57 Å². The Bertz CT molecular complexity index is 1400. The van der Waals surface area contributed by atoms with E-state index < -0.39 is 16.8 Å². The number of rotatable bonds is 4. The Kier molecular flexibility index (Phi) is 5.37. The number of ether oxygens (including phenoxy) is 1. The number of fused-ring (bicyclic) bond motifs is 2. The van der Waals surface area contributed by atoms with Gasteiger partial charge in [-0.3, -0.25) is 19.7 Å². The van der Waals surface area contributed by atoms with Gasteiger partial charge in [0.15, 0.2) is 4.80 Å². The summed E-state index contributed by atoms with van der Waals surface area (Å²) in [5.74, 6) is -1.09. The number of nitro groups is 1. The van der Waals surface area contributed by atoms with Crippen LogP contribution in [-0.2, 0) is 16.1 Å².